The average molecular weight is 279 g/mol. The van der Waals surface area contributed by atoms with Gasteiger partial charge in [0.25, 0.3) is 11.6 Å². The monoisotopic (exact) mass is 279 g/mol. The number of nitro benzene ring substituents is 1. The number of nitrogen functional groups attached to an aromatic ring is 1. The molecule has 0 radical (unpaired) electrons. The van der Waals surface area contributed by atoms with E-state index in [0.29, 0.717) is 5.16 Å². The fraction of sp³-hybridized carbons (Fsp3) is 0.100. The van der Waals surface area contributed by atoms with Gasteiger partial charge in [-0.25, -0.2) is 0 Å². The maximum absolute atomic E-state index is 12.2. The second-order valence-corrected chi connectivity index (χ2v) is 4.22. The van der Waals surface area contributed by atoms with E-state index in [1.54, 1.807) is 6.26 Å². The molecule has 2 N–H and O–H groups in total. The molecule has 0 spiro atoms. The maximum Gasteiger partial charge on any atom is 0.288 e. The van der Waals surface area contributed by atoms with Crippen molar-refractivity contribution in [3.63, 3.8) is 0 Å². The number of nitrogens with zero attached hydrogens (tertiary/aromatic N) is 4. The van der Waals surface area contributed by atoms with Crippen LogP contribution in [0.3, 0.4) is 0 Å². The molecule has 0 saturated carbocycles. The Morgan fingerprint density at radius 3 is 2.74 bits per heavy atom. The first-order valence-electron chi connectivity index (χ1n) is 5.09. The SMILES string of the molecule is CSc1nc(N)n(C(=O)c2ccccc2[N+](=O)[O-])n1. The molecule has 0 aliphatic rings. The van der Waals surface area contributed by atoms with E-state index in [1.165, 1.54) is 36.0 Å². The maximum atomic E-state index is 12.2. The summed E-state index contributed by atoms with van der Waals surface area (Å²) in [7, 11) is 0. The Bertz CT molecular complexity index is 654. The minimum Gasteiger partial charge on any atom is -0.368 e. The molecule has 0 saturated heterocycles. The Kier molecular flexibility index (Phi) is 3.47. The highest BCUT2D eigenvalue weighted by molar-refractivity contribution is 7.98. The minimum atomic E-state index is -0.683. The van der Waals surface area contributed by atoms with E-state index in [4.69, 9.17) is 5.73 Å². The summed E-state index contributed by atoms with van der Waals surface area (Å²) in [4.78, 5) is 26.3. The van der Waals surface area contributed by atoms with Gasteiger partial charge in [-0.3, -0.25) is 14.9 Å². The molecule has 1 aromatic heterocycles. The molecule has 0 unspecified atom stereocenters. The number of nitro groups is 1. The number of anilines is 1. The summed E-state index contributed by atoms with van der Waals surface area (Å²) in [6.07, 6.45) is 1.73. The third-order valence-electron chi connectivity index (χ3n) is 2.32. The highest BCUT2D eigenvalue weighted by Crippen LogP contribution is 2.20. The van der Waals surface area contributed by atoms with Crippen molar-refractivity contribution in [3.8, 4) is 0 Å². The van der Waals surface area contributed by atoms with E-state index < -0.39 is 10.8 Å². The summed E-state index contributed by atoms with van der Waals surface area (Å²) in [5.41, 5.74) is 5.18. The number of hydrogen-bond acceptors (Lipinski definition) is 7. The molecule has 8 nitrogen and oxygen atoms in total. The smallest absolute Gasteiger partial charge is 0.288 e. The van der Waals surface area contributed by atoms with Gasteiger partial charge in [0.15, 0.2) is 0 Å². The number of aromatic nitrogens is 3. The third-order valence-corrected chi connectivity index (χ3v) is 2.86. The van der Waals surface area contributed by atoms with Crippen LogP contribution in [0.5, 0.6) is 0 Å². The molecule has 1 heterocycles. The average Bonchev–Trinajstić information content (AvgIpc) is 2.79. The second-order valence-electron chi connectivity index (χ2n) is 3.45. The number of hydrogen-bond donors (Lipinski definition) is 1. The molecule has 2 aromatic rings. The molecule has 0 fully saturated rings. The van der Waals surface area contributed by atoms with Gasteiger partial charge in [-0.1, -0.05) is 23.9 Å². The fourth-order valence-corrected chi connectivity index (χ4v) is 1.82. The van der Waals surface area contributed by atoms with E-state index in [0.717, 1.165) is 4.68 Å². The lowest BCUT2D eigenvalue weighted by Gasteiger charge is -2.02. The topological polar surface area (TPSA) is 117 Å². The number of nitrogens with two attached hydrogens (primary N) is 1. The van der Waals surface area contributed by atoms with Crippen LogP contribution in [0.15, 0.2) is 29.4 Å². The quantitative estimate of drug-likeness (QED) is 0.509. The summed E-state index contributed by atoms with van der Waals surface area (Å²) in [6, 6.07) is 5.60. The van der Waals surface area contributed by atoms with Gasteiger partial charge in [0, 0.05) is 6.07 Å². The molecule has 1 aromatic carbocycles. The molecule has 98 valence electrons. The van der Waals surface area contributed by atoms with Gasteiger partial charge in [-0.2, -0.15) is 9.67 Å². The van der Waals surface area contributed by atoms with Crippen LogP contribution in [-0.2, 0) is 0 Å². The molecule has 9 heteroatoms. The van der Waals surface area contributed by atoms with Crippen LogP contribution < -0.4 is 5.73 Å². The van der Waals surface area contributed by atoms with Crippen LogP contribution in [0.25, 0.3) is 0 Å². The largest absolute Gasteiger partial charge is 0.368 e. The minimum absolute atomic E-state index is 0.0863. The number of thioether (sulfide) groups is 1. The van der Waals surface area contributed by atoms with Crippen molar-refractivity contribution in [3.05, 3.63) is 39.9 Å². The molecule has 19 heavy (non-hydrogen) atoms. The number of benzene rings is 1. The number of carbonyl (C=O) groups is 1. The Hall–Kier alpha value is -2.42. The summed E-state index contributed by atoms with van der Waals surface area (Å²) < 4.78 is 0.855. The van der Waals surface area contributed by atoms with Crippen LogP contribution in [0.1, 0.15) is 10.4 Å². The van der Waals surface area contributed by atoms with Crippen LogP contribution >= 0.6 is 11.8 Å². The first-order chi connectivity index (χ1) is 9.04. The third kappa shape index (κ3) is 2.40. The first-order valence-corrected chi connectivity index (χ1v) is 6.31. The molecule has 0 aliphatic carbocycles. The van der Waals surface area contributed by atoms with E-state index in [1.807, 2.05) is 0 Å². The lowest BCUT2D eigenvalue weighted by atomic mass is 10.1. The Morgan fingerprint density at radius 1 is 1.47 bits per heavy atom. The lowest BCUT2D eigenvalue weighted by molar-refractivity contribution is -0.385. The Morgan fingerprint density at radius 2 is 2.16 bits per heavy atom. The second kappa shape index (κ2) is 5.06. The van der Waals surface area contributed by atoms with E-state index in [-0.39, 0.29) is 17.2 Å². The van der Waals surface area contributed by atoms with Crippen molar-refractivity contribution in [2.24, 2.45) is 0 Å². The van der Waals surface area contributed by atoms with Crippen molar-refractivity contribution in [2.45, 2.75) is 5.16 Å². The fourth-order valence-electron chi connectivity index (χ4n) is 1.47. The van der Waals surface area contributed by atoms with Crippen molar-refractivity contribution in [1.82, 2.24) is 14.8 Å². The zero-order chi connectivity index (χ0) is 14.0. The van der Waals surface area contributed by atoms with Crippen molar-refractivity contribution >= 4 is 29.3 Å². The first kappa shape index (κ1) is 13.0. The van der Waals surface area contributed by atoms with Crippen LogP contribution in [0, 0.1) is 10.1 Å². The van der Waals surface area contributed by atoms with E-state index >= 15 is 0 Å². The van der Waals surface area contributed by atoms with Crippen LogP contribution in [0.2, 0.25) is 0 Å². The number of carbonyl (C=O) groups excluding carboxylic acids is 1. The molecule has 2 rings (SSSR count). The molecule has 0 amide bonds. The van der Waals surface area contributed by atoms with Crippen LogP contribution in [-0.4, -0.2) is 31.9 Å². The summed E-state index contributed by atoms with van der Waals surface area (Å²) >= 11 is 1.22. The molecule has 0 bridgehead atoms. The van der Waals surface area contributed by atoms with Crippen molar-refractivity contribution < 1.29 is 9.72 Å². The van der Waals surface area contributed by atoms with Crippen molar-refractivity contribution in [1.29, 1.82) is 0 Å². The predicted molar refractivity (Wildman–Crippen MR) is 69.0 cm³/mol. The van der Waals surface area contributed by atoms with Gasteiger partial charge in [-0.15, -0.1) is 5.10 Å². The highest BCUT2D eigenvalue weighted by Gasteiger charge is 2.23. The van der Waals surface area contributed by atoms with Gasteiger partial charge >= 0.3 is 0 Å². The number of rotatable bonds is 3. The summed E-state index contributed by atoms with van der Waals surface area (Å²) in [5.74, 6) is -0.787. The molecular formula is C10H9N5O3S. The van der Waals surface area contributed by atoms with Gasteiger partial charge in [0.05, 0.1) is 4.92 Å². The standard InChI is InChI=1S/C10H9N5O3S/c1-19-10-12-9(11)14(13-10)8(16)6-4-2-3-5-7(6)15(17)18/h2-5H,1H3,(H2,11,12,13). The van der Waals surface area contributed by atoms with E-state index in [2.05, 4.69) is 10.1 Å². The summed E-state index contributed by atoms with van der Waals surface area (Å²) in [6.45, 7) is 0. The number of para-hydroxylation sites is 1. The van der Waals surface area contributed by atoms with E-state index in [9.17, 15) is 14.9 Å². The van der Waals surface area contributed by atoms with Crippen molar-refractivity contribution in [2.75, 3.05) is 12.0 Å². The molecule has 0 aliphatic heterocycles. The Balaban J connectivity index is 2.50. The van der Waals surface area contributed by atoms with Gasteiger partial charge in [0.2, 0.25) is 11.1 Å². The summed E-state index contributed by atoms with van der Waals surface area (Å²) in [5, 5.41) is 15.1. The van der Waals surface area contributed by atoms with Gasteiger partial charge < -0.3 is 5.73 Å². The lowest BCUT2D eigenvalue weighted by Crippen LogP contribution is -2.17. The predicted octanol–water partition coefficient (Wildman–Crippen LogP) is 1.18. The van der Waals surface area contributed by atoms with Crippen LogP contribution in [0.4, 0.5) is 11.6 Å². The zero-order valence-corrected chi connectivity index (χ0v) is 10.6. The highest BCUT2D eigenvalue weighted by atomic mass is 32.2. The zero-order valence-electron chi connectivity index (χ0n) is 9.81. The normalized spacial score (nSPS) is 10.4. The van der Waals surface area contributed by atoms with Gasteiger partial charge in [-0.05, 0) is 12.3 Å². The van der Waals surface area contributed by atoms with Gasteiger partial charge in [0.1, 0.15) is 5.56 Å². The molecule has 0 atom stereocenters. The molecular weight excluding hydrogens is 270 g/mol. The Labute approximate surface area is 111 Å².